The third-order valence-corrected chi connectivity index (χ3v) is 3.73. The molecule has 0 saturated heterocycles. The summed E-state index contributed by atoms with van der Waals surface area (Å²) in [5.41, 5.74) is 5.15. The average Bonchev–Trinajstić information content (AvgIpc) is 2.50. The van der Waals surface area contributed by atoms with Gasteiger partial charge in [0.05, 0.1) is 27.3 Å². The van der Waals surface area contributed by atoms with Gasteiger partial charge >= 0.3 is 0 Å². The quantitative estimate of drug-likeness (QED) is 0.573. The van der Waals surface area contributed by atoms with Crippen LogP contribution in [0.4, 0.5) is 0 Å². The Kier molecular flexibility index (Phi) is 4.03. The lowest BCUT2D eigenvalue weighted by molar-refractivity contribution is 0.620. The maximum absolute atomic E-state index is 6.21. The van der Waals surface area contributed by atoms with Gasteiger partial charge < -0.3 is 0 Å². The highest BCUT2D eigenvalue weighted by atomic mass is 35.5. The van der Waals surface area contributed by atoms with Gasteiger partial charge in [-0.1, -0.05) is 41.4 Å². The van der Waals surface area contributed by atoms with Crippen molar-refractivity contribution in [1.29, 1.82) is 0 Å². The summed E-state index contributed by atoms with van der Waals surface area (Å²) in [6.45, 7) is 0. The number of nitrogens with two attached hydrogens (primary N) is 1. The molecule has 0 fully saturated rings. The molecule has 1 aromatic carbocycles. The fourth-order valence-corrected chi connectivity index (χ4v) is 2.71. The molecule has 3 rings (SSSR count). The Morgan fingerprint density at radius 2 is 1.86 bits per heavy atom. The molecule has 4 nitrogen and oxygen atoms in total. The molecule has 0 aliphatic heterocycles. The molecule has 3 aromatic rings. The van der Waals surface area contributed by atoms with E-state index in [2.05, 4.69) is 15.4 Å². The van der Waals surface area contributed by atoms with Crippen LogP contribution in [0.5, 0.6) is 0 Å². The summed E-state index contributed by atoms with van der Waals surface area (Å²) in [6.07, 6.45) is 3.31. The second-order valence-corrected chi connectivity index (χ2v) is 5.43. The first-order valence-corrected chi connectivity index (χ1v) is 7.06. The topological polar surface area (TPSA) is 63.8 Å². The third-order valence-electron chi connectivity index (χ3n) is 3.22. The van der Waals surface area contributed by atoms with E-state index in [4.69, 9.17) is 29.0 Å². The Bertz CT molecular complexity index is 791. The largest absolute Gasteiger partial charge is 0.271 e. The van der Waals surface area contributed by atoms with Gasteiger partial charge in [0, 0.05) is 17.8 Å². The smallest absolute Gasteiger partial charge is 0.0911 e. The third kappa shape index (κ3) is 2.84. The molecule has 106 valence electrons. The van der Waals surface area contributed by atoms with Gasteiger partial charge in [-0.25, -0.2) is 5.43 Å². The standard InChI is InChI=1S/C15H12Cl2N4/c16-11-6-12(17)15(20-8-11)14(21-18)10-5-9-3-1-2-4-13(9)19-7-10/h1-8,14,21H,18H2. The van der Waals surface area contributed by atoms with Crippen molar-refractivity contribution in [2.24, 2.45) is 5.84 Å². The van der Waals surface area contributed by atoms with Crippen molar-refractivity contribution in [2.75, 3.05) is 0 Å². The van der Waals surface area contributed by atoms with Gasteiger partial charge in [-0.2, -0.15) is 0 Å². The van der Waals surface area contributed by atoms with Crippen LogP contribution in [0.3, 0.4) is 0 Å². The molecule has 0 aliphatic rings. The van der Waals surface area contributed by atoms with Crippen molar-refractivity contribution in [3.05, 3.63) is 70.1 Å². The lowest BCUT2D eigenvalue weighted by Crippen LogP contribution is -2.29. The first-order chi connectivity index (χ1) is 10.2. The predicted octanol–water partition coefficient (Wildman–Crippen LogP) is 3.49. The number of aromatic nitrogens is 2. The van der Waals surface area contributed by atoms with E-state index in [1.54, 1.807) is 18.5 Å². The van der Waals surface area contributed by atoms with E-state index >= 15 is 0 Å². The molecule has 1 unspecified atom stereocenters. The number of benzene rings is 1. The minimum absolute atomic E-state index is 0.355. The number of rotatable bonds is 3. The SMILES string of the molecule is NNC(c1cnc2ccccc2c1)c1ncc(Cl)cc1Cl. The van der Waals surface area contributed by atoms with E-state index in [0.29, 0.717) is 15.7 Å². The summed E-state index contributed by atoms with van der Waals surface area (Å²) in [7, 11) is 0. The number of hydrogen-bond donors (Lipinski definition) is 2. The van der Waals surface area contributed by atoms with E-state index in [1.807, 2.05) is 30.3 Å². The molecule has 2 heterocycles. The lowest BCUT2D eigenvalue weighted by Gasteiger charge is -2.17. The molecule has 0 saturated carbocycles. The second kappa shape index (κ2) is 5.95. The summed E-state index contributed by atoms with van der Waals surface area (Å²) < 4.78 is 0. The first kappa shape index (κ1) is 14.2. The molecule has 3 N–H and O–H groups in total. The van der Waals surface area contributed by atoms with E-state index in [9.17, 15) is 0 Å². The Labute approximate surface area is 131 Å². The molecule has 0 spiro atoms. The van der Waals surface area contributed by atoms with Crippen LogP contribution in [0, 0.1) is 0 Å². The zero-order valence-corrected chi connectivity index (χ0v) is 12.4. The Hall–Kier alpha value is -1.72. The number of hydrazine groups is 1. The van der Waals surface area contributed by atoms with Crippen LogP contribution < -0.4 is 11.3 Å². The molecule has 0 amide bonds. The van der Waals surface area contributed by atoms with Crippen molar-refractivity contribution < 1.29 is 0 Å². The van der Waals surface area contributed by atoms with Crippen molar-refractivity contribution >= 4 is 34.1 Å². The van der Waals surface area contributed by atoms with Gasteiger partial charge in [0.25, 0.3) is 0 Å². The van der Waals surface area contributed by atoms with Crippen molar-refractivity contribution in [3.63, 3.8) is 0 Å². The summed E-state index contributed by atoms with van der Waals surface area (Å²) >= 11 is 12.1. The summed E-state index contributed by atoms with van der Waals surface area (Å²) in [4.78, 5) is 8.70. The van der Waals surface area contributed by atoms with Crippen LogP contribution in [0.1, 0.15) is 17.3 Å². The van der Waals surface area contributed by atoms with Crippen LogP contribution in [-0.2, 0) is 0 Å². The van der Waals surface area contributed by atoms with E-state index in [1.165, 1.54) is 0 Å². The van der Waals surface area contributed by atoms with E-state index in [0.717, 1.165) is 16.5 Å². The molecule has 21 heavy (non-hydrogen) atoms. The summed E-state index contributed by atoms with van der Waals surface area (Å²) in [5, 5.41) is 1.97. The maximum atomic E-state index is 6.21. The average molecular weight is 319 g/mol. The fraction of sp³-hybridized carbons (Fsp3) is 0.0667. The number of nitrogens with one attached hydrogen (secondary N) is 1. The van der Waals surface area contributed by atoms with Gasteiger partial charge in [-0.15, -0.1) is 0 Å². The summed E-state index contributed by atoms with van der Waals surface area (Å²) in [5.74, 6) is 5.68. The molecule has 2 aromatic heterocycles. The van der Waals surface area contributed by atoms with Crippen molar-refractivity contribution in [2.45, 2.75) is 6.04 Å². The van der Waals surface area contributed by atoms with Crippen LogP contribution in [0.25, 0.3) is 10.9 Å². The maximum Gasteiger partial charge on any atom is 0.0911 e. The number of hydrogen-bond acceptors (Lipinski definition) is 4. The minimum Gasteiger partial charge on any atom is -0.271 e. The number of nitrogens with zero attached hydrogens (tertiary/aromatic N) is 2. The van der Waals surface area contributed by atoms with Gasteiger partial charge in [0.2, 0.25) is 0 Å². The molecule has 0 aliphatic carbocycles. The van der Waals surface area contributed by atoms with Crippen LogP contribution in [-0.4, -0.2) is 9.97 Å². The number of pyridine rings is 2. The van der Waals surface area contributed by atoms with Gasteiger partial charge in [0.1, 0.15) is 0 Å². The highest BCUT2D eigenvalue weighted by molar-refractivity contribution is 6.34. The van der Waals surface area contributed by atoms with E-state index < -0.39 is 0 Å². The van der Waals surface area contributed by atoms with E-state index in [-0.39, 0.29) is 6.04 Å². The minimum atomic E-state index is -0.355. The van der Waals surface area contributed by atoms with Gasteiger partial charge in [-0.3, -0.25) is 15.8 Å². The summed E-state index contributed by atoms with van der Waals surface area (Å²) in [6, 6.07) is 11.2. The first-order valence-electron chi connectivity index (χ1n) is 6.31. The molecular formula is C15H12Cl2N4. The Morgan fingerprint density at radius 1 is 1.05 bits per heavy atom. The second-order valence-electron chi connectivity index (χ2n) is 4.58. The predicted molar refractivity (Wildman–Crippen MR) is 85.2 cm³/mol. The fourth-order valence-electron chi connectivity index (χ4n) is 2.22. The lowest BCUT2D eigenvalue weighted by atomic mass is 10.0. The monoisotopic (exact) mass is 318 g/mol. The zero-order valence-electron chi connectivity index (χ0n) is 10.9. The van der Waals surface area contributed by atoms with Crippen molar-refractivity contribution in [3.8, 4) is 0 Å². The number of halogens is 2. The van der Waals surface area contributed by atoms with Gasteiger partial charge in [0.15, 0.2) is 0 Å². The van der Waals surface area contributed by atoms with Crippen LogP contribution >= 0.6 is 23.2 Å². The number of fused-ring (bicyclic) bond motifs is 1. The van der Waals surface area contributed by atoms with Crippen LogP contribution in [0.15, 0.2) is 48.8 Å². The van der Waals surface area contributed by atoms with Crippen LogP contribution in [0.2, 0.25) is 10.0 Å². The Morgan fingerprint density at radius 3 is 2.62 bits per heavy atom. The molecule has 0 radical (unpaired) electrons. The normalized spacial score (nSPS) is 12.5. The molecule has 0 bridgehead atoms. The van der Waals surface area contributed by atoms with Gasteiger partial charge in [-0.05, 0) is 23.8 Å². The Balaban J connectivity index is 2.09. The molecule has 6 heteroatoms. The number of para-hydroxylation sites is 1. The highest BCUT2D eigenvalue weighted by Crippen LogP contribution is 2.28. The highest BCUT2D eigenvalue weighted by Gasteiger charge is 2.18. The molecular weight excluding hydrogens is 307 g/mol. The molecule has 1 atom stereocenters. The van der Waals surface area contributed by atoms with Crippen molar-refractivity contribution in [1.82, 2.24) is 15.4 Å². The zero-order chi connectivity index (χ0) is 14.8.